The molecule has 0 saturated heterocycles. The van der Waals surface area contributed by atoms with Crippen LogP contribution in [0.3, 0.4) is 0 Å². The van der Waals surface area contributed by atoms with Gasteiger partial charge in [0.25, 0.3) is 0 Å². The van der Waals surface area contributed by atoms with Crippen molar-refractivity contribution in [2.24, 2.45) is 0 Å². The Morgan fingerprint density at radius 3 is 2.45 bits per heavy atom. The van der Waals surface area contributed by atoms with Crippen molar-refractivity contribution in [2.75, 3.05) is 6.54 Å². The van der Waals surface area contributed by atoms with E-state index in [1.807, 2.05) is 11.3 Å². The second kappa shape index (κ2) is 7.96. The van der Waals surface area contributed by atoms with Crippen LogP contribution in [0.15, 0.2) is 46.3 Å². The summed E-state index contributed by atoms with van der Waals surface area (Å²) >= 11 is 5.50. The molecule has 20 heavy (non-hydrogen) atoms. The largest absolute Gasteiger partial charge is 0.313 e. The van der Waals surface area contributed by atoms with Crippen molar-refractivity contribution in [1.29, 1.82) is 0 Å². The van der Waals surface area contributed by atoms with Gasteiger partial charge < -0.3 is 5.32 Å². The zero-order chi connectivity index (χ0) is 14.4. The molecule has 2 atom stereocenters. The molecule has 1 nitrogen and oxygen atoms in total. The van der Waals surface area contributed by atoms with Crippen LogP contribution in [0, 0.1) is 0 Å². The molecule has 0 saturated carbocycles. The molecule has 2 aromatic rings. The topological polar surface area (TPSA) is 12.0 Å². The normalized spacial score (nSPS) is 14.2. The smallest absolute Gasteiger partial charge is 0.0314 e. The SMILES string of the molecule is CCNC(Cc1sccc1Br)C(CC)c1ccccc1. The summed E-state index contributed by atoms with van der Waals surface area (Å²) in [6.07, 6.45) is 2.24. The number of rotatable bonds is 7. The summed E-state index contributed by atoms with van der Waals surface area (Å²) in [6, 6.07) is 13.5. The number of likely N-dealkylation sites (N-methyl/N-ethyl adjacent to an activating group) is 1. The second-order valence-electron chi connectivity index (χ2n) is 4.99. The predicted molar refractivity (Wildman–Crippen MR) is 92.7 cm³/mol. The summed E-state index contributed by atoms with van der Waals surface area (Å²) in [7, 11) is 0. The Hall–Kier alpha value is -0.640. The maximum Gasteiger partial charge on any atom is 0.0314 e. The molecule has 1 heterocycles. The summed E-state index contributed by atoms with van der Waals surface area (Å²) in [5.74, 6) is 0.560. The molecular formula is C17H22BrNS. The highest BCUT2D eigenvalue weighted by Crippen LogP contribution is 2.30. The van der Waals surface area contributed by atoms with Crippen molar-refractivity contribution >= 4 is 27.3 Å². The van der Waals surface area contributed by atoms with E-state index in [1.165, 1.54) is 14.9 Å². The Labute approximate surface area is 134 Å². The zero-order valence-electron chi connectivity index (χ0n) is 12.1. The van der Waals surface area contributed by atoms with Gasteiger partial charge in [-0.15, -0.1) is 11.3 Å². The molecule has 1 N–H and O–H groups in total. The van der Waals surface area contributed by atoms with Gasteiger partial charge in [0.2, 0.25) is 0 Å². The predicted octanol–water partition coefficient (Wildman–Crippen LogP) is 5.23. The van der Waals surface area contributed by atoms with Gasteiger partial charge >= 0.3 is 0 Å². The molecule has 2 rings (SSSR count). The van der Waals surface area contributed by atoms with Crippen LogP contribution in [0.2, 0.25) is 0 Å². The monoisotopic (exact) mass is 351 g/mol. The molecular weight excluding hydrogens is 330 g/mol. The van der Waals surface area contributed by atoms with Crippen molar-refractivity contribution in [2.45, 2.75) is 38.6 Å². The van der Waals surface area contributed by atoms with Crippen LogP contribution in [-0.4, -0.2) is 12.6 Å². The lowest BCUT2D eigenvalue weighted by Crippen LogP contribution is -2.36. The third-order valence-corrected chi connectivity index (χ3v) is 5.66. The van der Waals surface area contributed by atoms with Crippen molar-refractivity contribution in [3.63, 3.8) is 0 Å². The van der Waals surface area contributed by atoms with Crippen molar-refractivity contribution in [1.82, 2.24) is 5.32 Å². The Balaban J connectivity index is 2.20. The lowest BCUT2D eigenvalue weighted by Gasteiger charge is -2.27. The Bertz CT molecular complexity index is 509. The van der Waals surface area contributed by atoms with Crippen molar-refractivity contribution in [3.05, 3.63) is 56.7 Å². The quantitative estimate of drug-likeness (QED) is 0.720. The minimum absolute atomic E-state index is 0.488. The number of hydrogen-bond donors (Lipinski definition) is 1. The van der Waals surface area contributed by atoms with E-state index < -0.39 is 0 Å². The number of benzene rings is 1. The lowest BCUT2D eigenvalue weighted by molar-refractivity contribution is 0.429. The highest BCUT2D eigenvalue weighted by Gasteiger charge is 2.22. The average Bonchev–Trinajstić information content (AvgIpc) is 2.86. The van der Waals surface area contributed by atoms with Gasteiger partial charge in [0.15, 0.2) is 0 Å². The van der Waals surface area contributed by atoms with Gasteiger partial charge in [-0.25, -0.2) is 0 Å². The summed E-state index contributed by atoms with van der Waals surface area (Å²) in [5, 5.41) is 5.84. The fourth-order valence-corrected chi connectivity index (χ4v) is 4.32. The molecule has 0 amide bonds. The molecule has 0 aliphatic carbocycles. The van der Waals surface area contributed by atoms with Gasteiger partial charge in [-0.1, -0.05) is 44.2 Å². The van der Waals surface area contributed by atoms with Gasteiger partial charge in [0.1, 0.15) is 0 Å². The van der Waals surface area contributed by atoms with E-state index in [4.69, 9.17) is 0 Å². The standard InChI is InChI=1S/C17H22BrNS/c1-3-14(13-8-6-5-7-9-13)16(19-4-2)12-17-15(18)10-11-20-17/h5-11,14,16,19H,3-4,12H2,1-2H3. The molecule has 2 unspecified atom stereocenters. The molecule has 108 valence electrons. The molecule has 0 fully saturated rings. The van der Waals surface area contributed by atoms with Crippen molar-refractivity contribution < 1.29 is 0 Å². The zero-order valence-corrected chi connectivity index (χ0v) is 14.5. The van der Waals surface area contributed by atoms with E-state index in [0.29, 0.717) is 12.0 Å². The summed E-state index contributed by atoms with van der Waals surface area (Å²) in [6.45, 7) is 5.48. The number of thiophene rings is 1. The van der Waals surface area contributed by atoms with E-state index >= 15 is 0 Å². The minimum atomic E-state index is 0.488. The van der Waals surface area contributed by atoms with E-state index in [0.717, 1.165) is 19.4 Å². The molecule has 0 spiro atoms. The first-order valence-corrected chi connectivity index (χ1v) is 8.93. The minimum Gasteiger partial charge on any atom is -0.313 e. The Kier molecular flexibility index (Phi) is 6.27. The molecule has 1 aromatic heterocycles. The van der Waals surface area contributed by atoms with Gasteiger partial charge in [-0.05, 0) is 58.2 Å². The number of nitrogens with one attached hydrogen (secondary N) is 1. The molecule has 0 aliphatic heterocycles. The number of hydrogen-bond acceptors (Lipinski definition) is 2. The van der Waals surface area contributed by atoms with E-state index in [1.54, 1.807) is 0 Å². The molecule has 3 heteroatoms. The molecule has 0 radical (unpaired) electrons. The van der Waals surface area contributed by atoms with Crippen LogP contribution in [-0.2, 0) is 6.42 Å². The van der Waals surface area contributed by atoms with Crippen LogP contribution in [0.25, 0.3) is 0 Å². The van der Waals surface area contributed by atoms with Crippen LogP contribution in [0.5, 0.6) is 0 Å². The first-order valence-electron chi connectivity index (χ1n) is 7.26. The van der Waals surface area contributed by atoms with Gasteiger partial charge in [-0.3, -0.25) is 0 Å². The van der Waals surface area contributed by atoms with Crippen LogP contribution < -0.4 is 5.32 Å². The molecule has 0 aliphatic rings. The fraction of sp³-hybridized carbons (Fsp3) is 0.412. The van der Waals surface area contributed by atoms with Crippen molar-refractivity contribution in [3.8, 4) is 0 Å². The Morgan fingerprint density at radius 1 is 1.15 bits per heavy atom. The lowest BCUT2D eigenvalue weighted by atomic mass is 9.87. The van der Waals surface area contributed by atoms with Crippen LogP contribution in [0.4, 0.5) is 0 Å². The van der Waals surface area contributed by atoms with Crippen LogP contribution >= 0.6 is 27.3 Å². The van der Waals surface area contributed by atoms with Gasteiger partial charge in [-0.2, -0.15) is 0 Å². The van der Waals surface area contributed by atoms with E-state index in [2.05, 4.69) is 76.9 Å². The Morgan fingerprint density at radius 2 is 1.90 bits per heavy atom. The highest BCUT2D eigenvalue weighted by molar-refractivity contribution is 9.10. The maximum absolute atomic E-state index is 3.68. The van der Waals surface area contributed by atoms with Gasteiger partial charge in [0, 0.05) is 15.4 Å². The summed E-state index contributed by atoms with van der Waals surface area (Å²) in [4.78, 5) is 1.44. The third-order valence-electron chi connectivity index (χ3n) is 3.72. The van der Waals surface area contributed by atoms with E-state index in [9.17, 15) is 0 Å². The molecule has 1 aromatic carbocycles. The summed E-state index contributed by atoms with van der Waals surface area (Å²) in [5.41, 5.74) is 1.44. The molecule has 0 bridgehead atoms. The van der Waals surface area contributed by atoms with E-state index in [-0.39, 0.29) is 0 Å². The van der Waals surface area contributed by atoms with Crippen LogP contribution in [0.1, 0.15) is 36.6 Å². The fourth-order valence-electron chi connectivity index (χ4n) is 2.74. The summed E-state index contributed by atoms with van der Waals surface area (Å²) < 4.78 is 1.24. The van der Waals surface area contributed by atoms with Gasteiger partial charge in [0.05, 0.1) is 0 Å². The maximum atomic E-state index is 3.68. The number of halogens is 1. The average molecular weight is 352 g/mol. The second-order valence-corrected chi connectivity index (χ2v) is 6.84. The highest BCUT2D eigenvalue weighted by atomic mass is 79.9. The first kappa shape index (κ1) is 15.7. The first-order chi connectivity index (χ1) is 9.76. The third kappa shape index (κ3) is 3.94.